The average Bonchev–Trinajstić information content (AvgIpc) is 3.39. The lowest BCUT2D eigenvalue weighted by molar-refractivity contribution is 0.0948. The minimum absolute atomic E-state index is 0.219. The number of hydrogen-bond acceptors (Lipinski definition) is 4. The molecule has 3 amide bonds. The lowest BCUT2D eigenvalue weighted by Crippen LogP contribution is -2.26. The van der Waals surface area contributed by atoms with Crippen LogP contribution in [-0.4, -0.2) is 11.9 Å². The molecule has 0 saturated heterocycles. The van der Waals surface area contributed by atoms with E-state index in [0.29, 0.717) is 33.6 Å². The maximum Gasteiger partial charge on any atom is 0.324 e. The molecule has 0 radical (unpaired) electrons. The molecule has 0 bridgehead atoms. The number of amides is 3. The molecule has 1 aliphatic rings. The molecular formula is C20H18ClN3O3S. The Morgan fingerprint density at radius 1 is 1.11 bits per heavy atom. The summed E-state index contributed by atoms with van der Waals surface area (Å²) in [6.07, 6.45) is 4.34. The minimum Gasteiger partial charge on any atom is -0.467 e. The van der Waals surface area contributed by atoms with Gasteiger partial charge in [0.25, 0.3) is 5.91 Å². The molecule has 0 aliphatic heterocycles. The molecule has 4 rings (SSSR count). The van der Waals surface area contributed by atoms with Gasteiger partial charge in [0.2, 0.25) is 0 Å². The van der Waals surface area contributed by atoms with E-state index in [-0.39, 0.29) is 5.91 Å². The summed E-state index contributed by atoms with van der Waals surface area (Å²) in [6, 6.07) is 10.1. The maximum atomic E-state index is 12.8. The Kier molecular flexibility index (Phi) is 5.36. The largest absolute Gasteiger partial charge is 0.467 e. The Bertz CT molecular complexity index is 1010. The van der Waals surface area contributed by atoms with Gasteiger partial charge in [-0.25, -0.2) is 4.79 Å². The highest BCUT2D eigenvalue weighted by Crippen LogP contribution is 2.39. The van der Waals surface area contributed by atoms with Crippen LogP contribution in [0.5, 0.6) is 0 Å². The third kappa shape index (κ3) is 3.90. The van der Waals surface area contributed by atoms with Crippen molar-refractivity contribution in [2.45, 2.75) is 25.8 Å². The van der Waals surface area contributed by atoms with Crippen LogP contribution in [0.4, 0.5) is 15.5 Å². The summed E-state index contributed by atoms with van der Waals surface area (Å²) < 4.78 is 5.26. The summed E-state index contributed by atoms with van der Waals surface area (Å²) in [6.45, 7) is 0.293. The highest BCUT2D eigenvalue weighted by atomic mass is 35.5. The van der Waals surface area contributed by atoms with Crippen molar-refractivity contribution in [2.24, 2.45) is 0 Å². The molecule has 28 heavy (non-hydrogen) atoms. The van der Waals surface area contributed by atoms with E-state index in [0.717, 1.165) is 29.7 Å². The first-order valence-corrected chi connectivity index (χ1v) is 10.1. The van der Waals surface area contributed by atoms with Gasteiger partial charge in [0.1, 0.15) is 10.8 Å². The van der Waals surface area contributed by atoms with Crippen molar-refractivity contribution in [2.75, 3.05) is 10.6 Å². The molecular weight excluding hydrogens is 398 g/mol. The van der Waals surface area contributed by atoms with E-state index in [1.807, 2.05) is 0 Å². The van der Waals surface area contributed by atoms with Gasteiger partial charge in [-0.05, 0) is 49.1 Å². The fourth-order valence-corrected chi connectivity index (χ4v) is 4.69. The number of benzene rings is 1. The van der Waals surface area contributed by atoms with E-state index in [2.05, 4.69) is 16.0 Å². The highest BCUT2D eigenvalue weighted by molar-refractivity contribution is 7.17. The van der Waals surface area contributed by atoms with Crippen molar-refractivity contribution in [1.29, 1.82) is 0 Å². The van der Waals surface area contributed by atoms with Gasteiger partial charge in [-0.1, -0.05) is 23.7 Å². The zero-order chi connectivity index (χ0) is 19.5. The zero-order valence-electron chi connectivity index (χ0n) is 14.9. The predicted molar refractivity (Wildman–Crippen MR) is 110 cm³/mol. The number of furan rings is 1. The zero-order valence-corrected chi connectivity index (χ0v) is 16.5. The van der Waals surface area contributed by atoms with E-state index in [4.69, 9.17) is 16.0 Å². The van der Waals surface area contributed by atoms with Gasteiger partial charge in [0.15, 0.2) is 0 Å². The van der Waals surface area contributed by atoms with Crippen molar-refractivity contribution in [1.82, 2.24) is 5.32 Å². The molecule has 8 heteroatoms. The molecule has 0 spiro atoms. The van der Waals surface area contributed by atoms with Crippen LogP contribution in [0, 0.1) is 0 Å². The summed E-state index contributed by atoms with van der Waals surface area (Å²) in [5, 5.41) is 9.40. The second kappa shape index (κ2) is 8.08. The molecule has 0 atom stereocenters. The Balaban J connectivity index is 1.51. The van der Waals surface area contributed by atoms with Crippen LogP contribution in [0.15, 0.2) is 47.1 Å². The first-order valence-electron chi connectivity index (χ1n) is 8.89. The van der Waals surface area contributed by atoms with Gasteiger partial charge in [-0.15, -0.1) is 11.3 Å². The molecule has 1 aliphatic carbocycles. The van der Waals surface area contributed by atoms with Crippen LogP contribution >= 0.6 is 22.9 Å². The maximum absolute atomic E-state index is 12.8. The standard InChI is InChI=1S/C20H18ClN3O3S/c21-14-7-1-2-8-15(14)23-20(26)24-19-17(13-6-3-9-16(13)28-19)18(25)22-11-12-5-4-10-27-12/h1-2,4-5,7-8,10H,3,6,9,11H2,(H,22,25)(H2,23,24,26). The van der Waals surface area contributed by atoms with Gasteiger partial charge in [0.05, 0.1) is 29.1 Å². The first kappa shape index (κ1) is 18.6. The SMILES string of the molecule is O=C(Nc1ccccc1Cl)Nc1sc2c(c1C(=O)NCc1ccco1)CCC2. The molecule has 0 fully saturated rings. The predicted octanol–water partition coefficient (Wildman–Crippen LogP) is 5.06. The lowest BCUT2D eigenvalue weighted by Gasteiger charge is -2.10. The summed E-state index contributed by atoms with van der Waals surface area (Å²) >= 11 is 7.55. The number of hydrogen-bond donors (Lipinski definition) is 3. The van der Waals surface area contributed by atoms with Crippen molar-refractivity contribution in [3.8, 4) is 0 Å². The third-order valence-electron chi connectivity index (χ3n) is 4.50. The lowest BCUT2D eigenvalue weighted by atomic mass is 10.1. The topological polar surface area (TPSA) is 83.4 Å². The van der Waals surface area contributed by atoms with Gasteiger partial charge in [-0.3, -0.25) is 10.1 Å². The normalized spacial score (nSPS) is 12.5. The molecule has 1 aromatic carbocycles. The molecule has 0 unspecified atom stereocenters. The Morgan fingerprint density at radius 3 is 2.75 bits per heavy atom. The number of carbonyl (C=O) groups excluding carboxylic acids is 2. The first-order chi connectivity index (χ1) is 13.6. The fraction of sp³-hybridized carbons (Fsp3) is 0.200. The third-order valence-corrected chi connectivity index (χ3v) is 6.04. The molecule has 3 aromatic rings. The van der Waals surface area contributed by atoms with Crippen molar-refractivity contribution in [3.63, 3.8) is 0 Å². The number of aryl methyl sites for hydroxylation is 1. The van der Waals surface area contributed by atoms with Crippen LogP contribution in [-0.2, 0) is 19.4 Å². The number of thiophene rings is 1. The van der Waals surface area contributed by atoms with Gasteiger partial charge in [0, 0.05) is 4.88 Å². The van der Waals surface area contributed by atoms with Crippen LogP contribution in [0.2, 0.25) is 5.02 Å². The van der Waals surface area contributed by atoms with Crippen LogP contribution in [0.3, 0.4) is 0 Å². The summed E-state index contributed by atoms with van der Waals surface area (Å²) in [4.78, 5) is 26.4. The average molecular weight is 416 g/mol. The monoisotopic (exact) mass is 415 g/mol. The Morgan fingerprint density at radius 2 is 1.96 bits per heavy atom. The Hall–Kier alpha value is -2.77. The second-order valence-corrected chi connectivity index (χ2v) is 7.89. The number of anilines is 2. The van der Waals surface area contributed by atoms with Crippen molar-refractivity contribution < 1.29 is 14.0 Å². The number of fused-ring (bicyclic) bond motifs is 1. The van der Waals surface area contributed by atoms with E-state index >= 15 is 0 Å². The smallest absolute Gasteiger partial charge is 0.324 e. The van der Waals surface area contributed by atoms with E-state index < -0.39 is 6.03 Å². The Labute approximate surface area is 170 Å². The van der Waals surface area contributed by atoms with E-state index in [9.17, 15) is 9.59 Å². The molecule has 6 nitrogen and oxygen atoms in total. The van der Waals surface area contributed by atoms with Crippen LogP contribution in [0.1, 0.15) is 33.0 Å². The van der Waals surface area contributed by atoms with Crippen LogP contribution < -0.4 is 16.0 Å². The molecule has 144 valence electrons. The van der Waals surface area contributed by atoms with Gasteiger partial charge in [-0.2, -0.15) is 0 Å². The number of nitrogens with one attached hydrogen (secondary N) is 3. The molecule has 2 heterocycles. The molecule has 2 aromatic heterocycles. The summed E-state index contributed by atoms with van der Waals surface area (Å²) in [5.74, 6) is 0.454. The quantitative estimate of drug-likeness (QED) is 0.544. The van der Waals surface area contributed by atoms with E-state index in [1.54, 1.807) is 42.7 Å². The second-order valence-electron chi connectivity index (χ2n) is 6.38. The number of rotatable bonds is 5. The van der Waals surface area contributed by atoms with Crippen LogP contribution in [0.25, 0.3) is 0 Å². The van der Waals surface area contributed by atoms with Crippen molar-refractivity contribution in [3.05, 3.63) is 69.4 Å². The molecule has 0 saturated carbocycles. The fourth-order valence-electron chi connectivity index (χ4n) is 3.22. The minimum atomic E-state index is -0.437. The number of halogens is 1. The summed E-state index contributed by atoms with van der Waals surface area (Å²) in [7, 11) is 0. The van der Waals surface area contributed by atoms with Crippen molar-refractivity contribution >= 4 is 45.6 Å². The number of para-hydroxylation sites is 1. The highest BCUT2D eigenvalue weighted by Gasteiger charge is 2.27. The van der Waals surface area contributed by atoms with Gasteiger partial charge >= 0.3 is 6.03 Å². The summed E-state index contributed by atoms with van der Waals surface area (Å²) in [5.41, 5.74) is 2.07. The molecule has 3 N–H and O–H groups in total. The number of carbonyl (C=O) groups is 2. The van der Waals surface area contributed by atoms with Gasteiger partial charge < -0.3 is 15.1 Å². The van der Waals surface area contributed by atoms with E-state index in [1.165, 1.54) is 11.3 Å². The number of urea groups is 1.